The summed E-state index contributed by atoms with van der Waals surface area (Å²) < 4.78 is 0. The molecule has 124 valence electrons. The van der Waals surface area contributed by atoms with Crippen molar-refractivity contribution in [3.05, 3.63) is 0 Å². The predicted octanol–water partition coefficient (Wildman–Crippen LogP) is 7.72. The van der Waals surface area contributed by atoms with E-state index in [-0.39, 0.29) is 0 Å². The van der Waals surface area contributed by atoms with Crippen LogP contribution in [-0.4, -0.2) is 0 Å². The van der Waals surface area contributed by atoms with Gasteiger partial charge < -0.3 is 0 Å². The molecule has 0 aliphatic heterocycles. The van der Waals surface area contributed by atoms with Crippen molar-refractivity contribution >= 4 is 0 Å². The van der Waals surface area contributed by atoms with Gasteiger partial charge in [-0.15, -0.1) is 0 Å². The molecule has 0 saturated heterocycles. The van der Waals surface area contributed by atoms with E-state index >= 15 is 0 Å². The summed E-state index contributed by atoms with van der Waals surface area (Å²) in [7, 11) is 0. The predicted molar refractivity (Wildman–Crippen MR) is 96.3 cm³/mol. The molecule has 0 aromatic carbocycles. The van der Waals surface area contributed by atoms with Crippen molar-refractivity contribution in [2.75, 3.05) is 0 Å². The van der Waals surface area contributed by atoms with Crippen molar-refractivity contribution in [1.29, 1.82) is 0 Å². The zero-order valence-corrected chi connectivity index (χ0v) is 16.0. The highest BCUT2D eigenvalue weighted by atomic mass is 14.2. The fourth-order valence-corrected chi connectivity index (χ4v) is 2.85. The highest BCUT2D eigenvalue weighted by Gasteiger charge is 2.13. The van der Waals surface area contributed by atoms with E-state index in [4.69, 9.17) is 0 Å². The Morgan fingerprint density at radius 3 is 0.550 bits per heavy atom. The van der Waals surface area contributed by atoms with Gasteiger partial charge in [-0.05, 0) is 23.7 Å². The largest absolute Gasteiger partial charge is 0.0683 e. The zero-order chi connectivity index (χ0) is 16.0. The van der Waals surface area contributed by atoms with Gasteiger partial charge >= 0.3 is 0 Å². The lowest BCUT2D eigenvalue weighted by molar-refractivity contribution is 0.308. The van der Waals surface area contributed by atoms with Crippen molar-refractivity contribution in [2.24, 2.45) is 23.7 Å². The van der Waals surface area contributed by atoms with Crippen LogP contribution < -0.4 is 0 Å². The Bertz CT molecular complexity index is 117. The molecular formula is C20H44. The van der Waals surface area contributed by atoms with Crippen LogP contribution in [0.1, 0.15) is 107 Å². The minimum atomic E-state index is 1.02. The van der Waals surface area contributed by atoms with Gasteiger partial charge in [0.05, 0.1) is 0 Å². The molecule has 0 aromatic heterocycles. The van der Waals surface area contributed by atoms with Crippen molar-refractivity contribution in [3.8, 4) is 0 Å². The van der Waals surface area contributed by atoms with Crippen LogP contribution in [0, 0.1) is 23.7 Å². The molecule has 2 fully saturated rings. The Balaban J connectivity index is 0. The van der Waals surface area contributed by atoms with Crippen molar-refractivity contribution in [1.82, 2.24) is 0 Å². The van der Waals surface area contributed by atoms with Crippen LogP contribution in [0.4, 0.5) is 0 Å². The molecule has 0 unspecified atom stereocenters. The SMILES string of the molecule is CC.CC.CC1CCC(C)CC1.CC1CCC(C)CC1. The third-order valence-electron chi connectivity index (χ3n) is 4.61. The van der Waals surface area contributed by atoms with Crippen LogP contribution in [0.15, 0.2) is 0 Å². The molecule has 0 N–H and O–H groups in total. The van der Waals surface area contributed by atoms with Gasteiger partial charge in [0.2, 0.25) is 0 Å². The quantitative estimate of drug-likeness (QED) is 0.427. The summed E-state index contributed by atoms with van der Waals surface area (Å²) in [5.74, 6) is 4.08. The summed E-state index contributed by atoms with van der Waals surface area (Å²) in [6.45, 7) is 17.5. The maximum Gasteiger partial charge on any atom is -0.0443 e. The summed E-state index contributed by atoms with van der Waals surface area (Å²) in [4.78, 5) is 0. The van der Waals surface area contributed by atoms with Gasteiger partial charge in [-0.25, -0.2) is 0 Å². The number of rotatable bonds is 0. The molecule has 2 aliphatic carbocycles. The van der Waals surface area contributed by atoms with Crippen molar-refractivity contribution < 1.29 is 0 Å². The monoisotopic (exact) mass is 284 g/mol. The van der Waals surface area contributed by atoms with E-state index in [2.05, 4.69) is 27.7 Å². The molecule has 0 heterocycles. The van der Waals surface area contributed by atoms with E-state index in [0.29, 0.717) is 0 Å². The van der Waals surface area contributed by atoms with E-state index < -0.39 is 0 Å². The number of hydrogen-bond acceptors (Lipinski definition) is 0. The first kappa shape index (κ1) is 22.3. The summed E-state index contributed by atoms with van der Waals surface area (Å²) in [5.41, 5.74) is 0. The van der Waals surface area contributed by atoms with Gasteiger partial charge in [0.1, 0.15) is 0 Å². The highest BCUT2D eigenvalue weighted by molar-refractivity contribution is 4.66. The van der Waals surface area contributed by atoms with Gasteiger partial charge in [-0.3, -0.25) is 0 Å². The highest BCUT2D eigenvalue weighted by Crippen LogP contribution is 2.27. The number of hydrogen-bond donors (Lipinski definition) is 0. The minimum absolute atomic E-state index is 1.02. The molecular weight excluding hydrogens is 240 g/mol. The smallest absolute Gasteiger partial charge is 0.0443 e. The molecule has 0 spiro atoms. The van der Waals surface area contributed by atoms with Gasteiger partial charge in [0.25, 0.3) is 0 Å². The lowest BCUT2D eigenvalue weighted by atomic mass is 9.84. The molecule has 0 nitrogen and oxygen atoms in total. The molecule has 0 aromatic rings. The second kappa shape index (κ2) is 15.4. The Hall–Kier alpha value is 0. The molecule has 2 aliphatic rings. The molecule has 0 atom stereocenters. The maximum atomic E-state index is 2.37. The topological polar surface area (TPSA) is 0 Å². The average Bonchev–Trinajstić information content (AvgIpc) is 2.50. The Labute approximate surface area is 131 Å². The Morgan fingerprint density at radius 1 is 0.350 bits per heavy atom. The standard InChI is InChI=1S/2C8H16.2C2H6/c2*1-7-3-5-8(2)6-4-7;2*1-2/h2*7-8H,3-6H2,1-2H3;2*1-2H3. The van der Waals surface area contributed by atoms with Crippen LogP contribution in [0.25, 0.3) is 0 Å². The van der Waals surface area contributed by atoms with E-state index in [1.54, 1.807) is 0 Å². The maximum absolute atomic E-state index is 2.37. The van der Waals surface area contributed by atoms with Gasteiger partial charge in [0, 0.05) is 0 Å². The second-order valence-electron chi connectivity index (χ2n) is 6.73. The van der Waals surface area contributed by atoms with E-state index in [9.17, 15) is 0 Å². The Morgan fingerprint density at radius 2 is 0.450 bits per heavy atom. The van der Waals surface area contributed by atoms with E-state index in [1.807, 2.05) is 27.7 Å². The first-order valence-electron chi connectivity index (χ1n) is 9.58. The lowest BCUT2D eigenvalue weighted by Gasteiger charge is -2.22. The fourth-order valence-electron chi connectivity index (χ4n) is 2.85. The second-order valence-corrected chi connectivity index (χ2v) is 6.73. The van der Waals surface area contributed by atoms with E-state index in [1.165, 1.54) is 51.4 Å². The fraction of sp³-hybridized carbons (Fsp3) is 1.00. The van der Waals surface area contributed by atoms with Crippen molar-refractivity contribution in [3.63, 3.8) is 0 Å². The normalized spacial score (nSPS) is 32.4. The van der Waals surface area contributed by atoms with Crippen molar-refractivity contribution in [2.45, 2.75) is 107 Å². The third kappa shape index (κ3) is 13.0. The van der Waals surface area contributed by atoms with Crippen LogP contribution in [-0.2, 0) is 0 Å². The summed E-state index contributed by atoms with van der Waals surface area (Å²) in [5, 5.41) is 0. The van der Waals surface area contributed by atoms with Gasteiger partial charge in [-0.1, -0.05) is 107 Å². The van der Waals surface area contributed by atoms with Gasteiger partial charge in [0.15, 0.2) is 0 Å². The molecule has 0 radical (unpaired) electrons. The zero-order valence-electron chi connectivity index (χ0n) is 16.0. The third-order valence-corrected chi connectivity index (χ3v) is 4.61. The molecule has 0 bridgehead atoms. The summed E-state index contributed by atoms with van der Waals surface area (Å²) in [6.07, 6.45) is 11.8. The first-order valence-corrected chi connectivity index (χ1v) is 9.58. The molecule has 0 amide bonds. The first-order chi connectivity index (χ1) is 9.58. The van der Waals surface area contributed by atoms with E-state index in [0.717, 1.165) is 23.7 Å². The Kier molecular flexibility index (Phi) is 17.1. The molecule has 0 heteroatoms. The molecule has 2 saturated carbocycles. The van der Waals surface area contributed by atoms with Gasteiger partial charge in [-0.2, -0.15) is 0 Å². The summed E-state index contributed by atoms with van der Waals surface area (Å²) >= 11 is 0. The lowest BCUT2D eigenvalue weighted by Crippen LogP contribution is -2.08. The van der Waals surface area contributed by atoms with Crippen LogP contribution >= 0.6 is 0 Å². The van der Waals surface area contributed by atoms with Crippen LogP contribution in [0.3, 0.4) is 0 Å². The summed E-state index contributed by atoms with van der Waals surface area (Å²) in [6, 6.07) is 0. The van der Waals surface area contributed by atoms with Crippen LogP contribution in [0.5, 0.6) is 0 Å². The molecule has 2 rings (SSSR count). The van der Waals surface area contributed by atoms with Crippen LogP contribution in [0.2, 0.25) is 0 Å². The minimum Gasteiger partial charge on any atom is -0.0683 e. The average molecular weight is 285 g/mol. The molecule has 20 heavy (non-hydrogen) atoms.